The Morgan fingerprint density at radius 3 is 2.50 bits per heavy atom. The van der Waals surface area contributed by atoms with Gasteiger partial charge in [-0.15, -0.1) is 0 Å². The highest BCUT2D eigenvalue weighted by Gasteiger charge is 2.36. The van der Waals surface area contributed by atoms with Gasteiger partial charge in [0, 0.05) is 18.7 Å². The van der Waals surface area contributed by atoms with Crippen LogP contribution in [0.4, 0.5) is 13.2 Å². The van der Waals surface area contributed by atoms with Gasteiger partial charge in [0.25, 0.3) is 0 Å². The molecule has 1 saturated heterocycles. The Morgan fingerprint density at radius 1 is 1.36 bits per heavy atom. The second-order valence-electron chi connectivity index (χ2n) is 5.32. The zero-order valence-corrected chi connectivity index (χ0v) is 12.3. The van der Waals surface area contributed by atoms with Crippen LogP contribution in [0.5, 0.6) is 5.75 Å². The van der Waals surface area contributed by atoms with E-state index >= 15 is 0 Å². The van der Waals surface area contributed by atoms with E-state index in [1.54, 1.807) is 0 Å². The van der Waals surface area contributed by atoms with Crippen LogP contribution in [-0.4, -0.2) is 36.5 Å². The molecule has 1 aromatic rings. The highest BCUT2D eigenvalue weighted by molar-refractivity contribution is 5.93. The minimum atomic E-state index is -4.59. The van der Waals surface area contributed by atoms with Crippen LogP contribution in [0, 0.1) is 0 Å². The summed E-state index contributed by atoms with van der Waals surface area (Å²) < 4.78 is 44.9. The van der Waals surface area contributed by atoms with E-state index in [1.165, 1.54) is 12.1 Å². The number of nitrogens with zero attached hydrogens (tertiary/aromatic N) is 1. The van der Waals surface area contributed by atoms with Gasteiger partial charge in [0.15, 0.2) is 0 Å². The number of alkyl halides is 3. The minimum absolute atomic E-state index is 0.180. The zero-order valence-electron chi connectivity index (χ0n) is 12.3. The van der Waals surface area contributed by atoms with Gasteiger partial charge >= 0.3 is 6.18 Å². The lowest BCUT2D eigenvalue weighted by molar-refractivity contribution is -0.139. The standard InChI is InChI=1S/C15H19F3N2O2/c1-2-20-7-5-11(6-8-20)22-13-4-3-10(14(19)21)9-12(13)15(16,17)18/h3-4,9,11H,2,5-8H2,1H3,(H2,19,21). The topological polar surface area (TPSA) is 55.6 Å². The lowest BCUT2D eigenvalue weighted by Gasteiger charge is -2.31. The molecule has 2 rings (SSSR count). The fraction of sp³-hybridized carbons (Fsp3) is 0.533. The number of hydrogen-bond acceptors (Lipinski definition) is 3. The molecule has 22 heavy (non-hydrogen) atoms. The summed E-state index contributed by atoms with van der Waals surface area (Å²) in [7, 11) is 0. The third kappa shape index (κ3) is 3.91. The number of halogens is 3. The largest absolute Gasteiger partial charge is 0.490 e. The fourth-order valence-electron chi connectivity index (χ4n) is 2.53. The number of ether oxygens (including phenoxy) is 1. The fourth-order valence-corrected chi connectivity index (χ4v) is 2.53. The van der Waals surface area contributed by atoms with Crippen molar-refractivity contribution in [2.75, 3.05) is 19.6 Å². The quantitative estimate of drug-likeness (QED) is 0.929. The summed E-state index contributed by atoms with van der Waals surface area (Å²) in [6, 6.07) is 3.18. The Balaban J connectivity index is 2.18. The first kappa shape index (κ1) is 16.6. The molecular formula is C15H19F3N2O2. The Bertz CT molecular complexity index is 538. The highest BCUT2D eigenvalue weighted by Crippen LogP contribution is 2.37. The van der Waals surface area contributed by atoms with Crippen molar-refractivity contribution < 1.29 is 22.7 Å². The molecule has 0 aliphatic carbocycles. The van der Waals surface area contributed by atoms with Crippen LogP contribution < -0.4 is 10.5 Å². The molecule has 0 aromatic heterocycles. The summed E-state index contributed by atoms with van der Waals surface area (Å²) in [5.74, 6) is -1.14. The molecule has 0 saturated carbocycles. The third-order valence-electron chi connectivity index (χ3n) is 3.84. The molecule has 2 N–H and O–H groups in total. The maximum atomic E-state index is 13.1. The Kier molecular flexibility index (Phi) is 4.95. The van der Waals surface area contributed by atoms with Crippen molar-refractivity contribution in [3.63, 3.8) is 0 Å². The molecule has 0 atom stereocenters. The van der Waals surface area contributed by atoms with Crippen LogP contribution in [0.15, 0.2) is 18.2 Å². The smallest absolute Gasteiger partial charge is 0.419 e. The van der Waals surface area contributed by atoms with Gasteiger partial charge in [-0.1, -0.05) is 6.92 Å². The van der Waals surface area contributed by atoms with Crippen molar-refractivity contribution in [2.24, 2.45) is 5.73 Å². The number of carbonyl (C=O) groups is 1. The van der Waals surface area contributed by atoms with E-state index in [-0.39, 0.29) is 17.4 Å². The van der Waals surface area contributed by atoms with Crippen LogP contribution >= 0.6 is 0 Å². The molecule has 0 spiro atoms. The van der Waals surface area contributed by atoms with Gasteiger partial charge in [0.05, 0.1) is 5.56 Å². The SMILES string of the molecule is CCN1CCC(Oc2ccc(C(N)=O)cc2C(F)(F)F)CC1. The summed E-state index contributed by atoms with van der Waals surface area (Å²) in [6.45, 7) is 4.59. The monoisotopic (exact) mass is 316 g/mol. The second-order valence-corrected chi connectivity index (χ2v) is 5.32. The number of nitrogens with two attached hydrogens (primary N) is 1. The number of hydrogen-bond donors (Lipinski definition) is 1. The third-order valence-corrected chi connectivity index (χ3v) is 3.84. The van der Waals surface area contributed by atoms with Gasteiger partial charge in [-0.25, -0.2) is 0 Å². The van der Waals surface area contributed by atoms with Gasteiger partial charge in [0.2, 0.25) is 5.91 Å². The lowest BCUT2D eigenvalue weighted by atomic mass is 10.1. The van der Waals surface area contributed by atoms with Crippen LogP contribution in [-0.2, 0) is 6.18 Å². The first-order valence-electron chi connectivity index (χ1n) is 7.21. The number of benzene rings is 1. The summed E-state index contributed by atoms with van der Waals surface area (Å²) >= 11 is 0. The number of primary amides is 1. The van der Waals surface area contributed by atoms with Gasteiger partial charge in [-0.2, -0.15) is 13.2 Å². The van der Waals surface area contributed by atoms with Crippen molar-refractivity contribution in [3.05, 3.63) is 29.3 Å². The second kappa shape index (κ2) is 6.56. The molecule has 7 heteroatoms. The van der Waals surface area contributed by atoms with E-state index in [4.69, 9.17) is 10.5 Å². The van der Waals surface area contributed by atoms with E-state index in [0.717, 1.165) is 25.7 Å². The van der Waals surface area contributed by atoms with Gasteiger partial charge in [-0.05, 0) is 37.6 Å². The van der Waals surface area contributed by atoms with E-state index in [2.05, 4.69) is 4.90 Å². The molecule has 1 amide bonds. The first-order chi connectivity index (χ1) is 10.3. The zero-order chi connectivity index (χ0) is 16.3. The maximum absolute atomic E-state index is 13.1. The van der Waals surface area contributed by atoms with Gasteiger partial charge in [0.1, 0.15) is 11.9 Å². The summed E-state index contributed by atoms with van der Waals surface area (Å²) in [5.41, 5.74) is 3.90. The summed E-state index contributed by atoms with van der Waals surface area (Å²) in [5, 5.41) is 0. The number of amides is 1. The Hall–Kier alpha value is -1.76. The van der Waals surface area contributed by atoms with E-state index in [1.807, 2.05) is 6.92 Å². The van der Waals surface area contributed by atoms with Crippen molar-refractivity contribution in [1.82, 2.24) is 4.90 Å². The maximum Gasteiger partial charge on any atom is 0.419 e. The molecule has 1 aliphatic rings. The van der Waals surface area contributed by atoms with E-state index < -0.39 is 17.6 Å². The van der Waals surface area contributed by atoms with Crippen LogP contribution in [0.3, 0.4) is 0 Å². The molecule has 4 nitrogen and oxygen atoms in total. The van der Waals surface area contributed by atoms with Crippen molar-refractivity contribution in [3.8, 4) is 5.75 Å². The highest BCUT2D eigenvalue weighted by atomic mass is 19.4. The lowest BCUT2D eigenvalue weighted by Crippen LogP contribution is -2.38. The Labute approximate surface area is 127 Å². The van der Waals surface area contributed by atoms with Gasteiger partial charge in [-0.3, -0.25) is 4.79 Å². The molecular weight excluding hydrogens is 297 g/mol. The minimum Gasteiger partial charge on any atom is -0.490 e. The average Bonchev–Trinajstić information content (AvgIpc) is 2.47. The molecule has 122 valence electrons. The van der Waals surface area contributed by atoms with Crippen LogP contribution in [0.2, 0.25) is 0 Å². The molecule has 0 bridgehead atoms. The van der Waals surface area contributed by atoms with Crippen molar-refractivity contribution in [1.29, 1.82) is 0 Å². The van der Waals surface area contributed by atoms with E-state index in [9.17, 15) is 18.0 Å². The number of likely N-dealkylation sites (tertiary alicyclic amines) is 1. The van der Waals surface area contributed by atoms with Gasteiger partial charge < -0.3 is 15.4 Å². The van der Waals surface area contributed by atoms with Crippen molar-refractivity contribution in [2.45, 2.75) is 32.0 Å². The molecule has 0 unspecified atom stereocenters. The first-order valence-corrected chi connectivity index (χ1v) is 7.21. The number of carbonyl (C=O) groups excluding carboxylic acids is 1. The number of rotatable bonds is 4. The molecule has 1 fully saturated rings. The predicted molar refractivity (Wildman–Crippen MR) is 75.7 cm³/mol. The predicted octanol–water partition coefficient (Wildman–Crippen LogP) is 2.67. The van der Waals surface area contributed by atoms with E-state index in [0.29, 0.717) is 12.8 Å². The molecule has 1 aromatic carbocycles. The normalized spacial score (nSPS) is 17.5. The van der Waals surface area contributed by atoms with Crippen molar-refractivity contribution >= 4 is 5.91 Å². The summed E-state index contributed by atoms with van der Waals surface area (Å²) in [6.07, 6.45) is -3.47. The summed E-state index contributed by atoms with van der Waals surface area (Å²) in [4.78, 5) is 13.3. The van der Waals surface area contributed by atoms with Crippen LogP contribution in [0.1, 0.15) is 35.7 Å². The molecule has 1 heterocycles. The average molecular weight is 316 g/mol. The van der Waals surface area contributed by atoms with Crippen LogP contribution in [0.25, 0.3) is 0 Å². The molecule has 0 radical (unpaired) electrons. The Morgan fingerprint density at radius 2 is 2.00 bits per heavy atom. The molecule has 1 aliphatic heterocycles. The number of piperidine rings is 1.